The first-order valence-corrected chi connectivity index (χ1v) is 5.52. The van der Waals surface area contributed by atoms with Crippen molar-refractivity contribution in [2.45, 2.75) is 45.3 Å². The number of nitrogens with two attached hydrogens (primary N) is 1. The van der Waals surface area contributed by atoms with Crippen LogP contribution in [-0.2, 0) is 11.2 Å². The number of nitrogens with zero attached hydrogens (tertiary/aromatic N) is 1. The monoisotopic (exact) mass is 206 g/mol. The highest BCUT2D eigenvalue weighted by atomic mass is 16.5. The van der Waals surface area contributed by atoms with E-state index in [4.69, 9.17) is 10.5 Å². The van der Waals surface area contributed by atoms with Crippen LogP contribution in [0.15, 0.2) is 12.3 Å². The minimum atomic E-state index is 0.324. The first-order chi connectivity index (χ1) is 7.16. The van der Waals surface area contributed by atoms with E-state index in [0.29, 0.717) is 18.0 Å². The standard InChI is InChI=1S/C12H18N2O/c1-8-5-6-14-12(13)11(8)7-10-4-3-9(2)15-10/h5-6,9-10H,3-4,7H2,1-2H3,(H2,13,14). The lowest BCUT2D eigenvalue weighted by Gasteiger charge is -2.14. The lowest BCUT2D eigenvalue weighted by atomic mass is 10.0. The lowest BCUT2D eigenvalue weighted by Crippen LogP contribution is -2.14. The fraction of sp³-hybridized carbons (Fsp3) is 0.583. The van der Waals surface area contributed by atoms with Gasteiger partial charge in [0.25, 0.3) is 0 Å². The molecule has 15 heavy (non-hydrogen) atoms. The van der Waals surface area contributed by atoms with E-state index in [1.54, 1.807) is 6.20 Å². The molecule has 1 aliphatic rings. The molecule has 0 aliphatic carbocycles. The molecule has 2 N–H and O–H groups in total. The molecule has 0 spiro atoms. The SMILES string of the molecule is Cc1ccnc(N)c1CC1CCC(C)O1. The molecular weight excluding hydrogens is 188 g/mol. The van der Waals surface area contributed by atoms with Crippen LogP contribution in [0.5, 0.6) is 0 Å². The number of hydrogen-bond donors (Lipinski definition) is 1. The van der Waals surface area contributed by atoms with Gasteiger partial charge in [-0.25, -0.2) is 4.98 Å². The molecule has 0 bridgehead atoms. The third-order valence-corrected chi connectivity index (χ3v) is 3.08. The van der Waals surface area contributed by atoms with E-state index in [-0.39, 0.29) is 0 Å². The Kier molecular flexibility index (Phi) is 2.91. The van der Waals surface area contributed by atoms with Gasteiger partial charge in [0.15, 0.2) is 0 Å². The Morgan fingerprint density at radius 1 is 1.53 bits per heavy atom. The van der Waals surface area contributed by atoms with Gasteiger partial charge < -0.3 is 10.5 Å². The highest BCUT2D eigenvalue weighted by Crippen LogP contribution is 2.25. The summed E-state index contributed by atoms with van der Waals surface area (Å²) >= 11 is 0. The molecule has 0 radical (unpaired) electrons. The molecule has 0 amide bonds. The highest BCUT2D eigenvalue weighted by Gasteiger charge is 2.23. The van der Waals surface area contributed by atoms with E-state index >= 15 is 0 Å². The van der Waals surface area contributed by atoms with E-state index in [0.717, 1.165) is 24.8 Å². The quantitative estimate of drug-likeness (QED) is 0.806. The summed E-state index contributed by atoms with van der Waals surface area (Å²) in [5.41, 5.74) is 8.23. The molecule has 1 aliphatic heterocycles. The van der Waals surface area contributed by atoms with Crippen molar-refractivity contribution in [3.05, 3.63) is 23.4 Å². The maximum absolute atomic E-state index is 5.87. The number of pyridine rings is 1. The highest BCUT2D eigenvalue weighted by molar-refractivity contribution is 5.44. The van der Waals surface area contributed by atoms with Gasteiger partial charge in [0.1, 0.15) is 5.82 Å². The van der Waals surface area contributed by atoms with Crippen LogP contribution < -0.4 is 5.73 Å². The molecule has 1 aromatic heterocycles. The van der Waals surface area contributed by atoms with E-state index in [1.807, 2.05) is 6.07 Å². The Morgan fingerprint density at radius 3 is 2.93 bits per heavy atom. The molecule has 2 heterocycles. The fourth-order valence-corrected chi connectivity index (χ4v) is 2.14. The number of hydrogen-bond acceptors (Lipinski definition) is 3. The van der Waals surface area contributed by atoms with Crippen LogP contribution in [0.2, 0.25) is 0 Å². The minimum absolute atomic E-state index is 0.324. The maximum Gasteiger partial charge on any atom is 0.126 e. The first kappa shape index (κ1) is 10.4. The van der Waals surface area contributed by atoms with Gasteiger partial charge in [0.05, 0.1) is 12.2 Å². The van der Waals surface area contributed by atoms with Crippen molar-refractivity contribution >= 4 is 5.82 Å². The number of nitrogen functional groups attached to an aromatic ring is 1. The summed E-state index contributed by atoms with van der Waals surface area (Å²) < 4.78 is 5.79. The molecule has 1 saturated heterocycles. The molecule has 2 rings (SSSR count). The summed E-state index contributed by atoms with van der Waals surface area (Å²) in [6, 6.07) is 2.00. The van der Waals surface area contributed by atoms with Gasteiger partial charge in [-0.15, -0.1) is 0 Å². The fourth-order valence-electron chi connectivity index (χ4n) is 2.14. The molecule has 2 atom stereocenters. The molecule has 2 unspecified atom stereocenters. The van der Waals surface area contributed by atoms with Gasteiger partial charge in [-0.3, -0.25) is 0 Å². The second kappa shape index (κ2) is 4.19. The van der Waals surface area contributed by atoms with Crippen LogP contribution in [-0.4, -0.2) is 17.2 Å². The summed E-state index contributed by atoms with van der Waals surface area (Å²) in [7, 11) is 0. The van der Waals surface area contributed by atoms with E-state index in [9.17, 15) is 0 Å². The lowest BCUT2D eigenvalue weighted by molar-refractivity contribution is 0.0563. The molecule has 3 nitrogen and oxygen atoms in total. The van der Waals surface area contributed by atoms with Gasteiger partial charge in [-0.1, -0.05) is 0 Å². The van der Waals surface area contributed by atoms with Crippen LogP contribution in [0.1, 0.15) is 30.9 Å². The van der Waals surface area contributed by atoms with E-state index < -0.39 is 0 Å². The summed E-state index contributed by atoms with van der Waals surface area (Å²) in [6.07, 6.45) is 5.67. The van der Waals surface area contributed by atoms with E-state index in [1.165, 1.54) is 5.56 Å². The van der Waals surface area contributed by atoms with Crippen LogP contribution in [0.25, 0.3) is 0 Å². The van der Waals surface area contributed by atoms with Crippen molar-refractivity contribution in [2.24, 2.45) is 0 Å². The Hall–Kier alpha value is -1.09. The molecule has 82 valence electrons. The van der Waals surface area contributed by atoms with Crippen molar-refractivity contribution in [1.82, 2.24) is 4.98 Å². The molecule has 1 fully saturated rings. The van der Waals surface area contributed by atoms with Crippen molar-refractivity contribution in [3.8, 4) is 0 Å². The van der Waals surface area contributed by atoms with Crippen LogP contribution in [0.4, 0.5) is 5.82 Å². The summed E-state index contributed by atoms with van der Waals surface area (Å²) in [4.78, 5) is 4.12. The number of aryl methyl sites for hydroxylation is 1. The maximum atomic E-state index is 5.87. The average molecular weight is 206 g/mol. The Balaban J connectivity index is 2.10. The zero-order valence-corrected chi connectivity index (χ0v) is 9.36. The van der Waals surface area contributed by atoms with Crippen molar-refractivity contribution < 1.29 is 4.74 Å². The third-order valence-electron chi connectivity index (χ3n) is 3.08. The van der Waals surface area contributed by atoms with Crippen LogP contribution in [0.3, 0.4) is 0 Å². The molecule has 0 saturated carbocycles. The van der Waals surface area contributed by atoms with Gasteiger partial charge in [-0.2, -0.15) is 0 Å². The van der Waals surface area contributed by atoms with Gasteiger partial charge in [0, 0.05) is 12.6 Å². The summed E-state index contributed by atoms with van der Waals surface area (Å²) in [5.74, 6) is 0.651. The van der Waals surface area contributed by atoms with E-state index in [2.05, 4.69) is 18.8 Å². The number of rotatable bonds is 2. The summed E-state index contributed by atoms with van der Waals surface area (Å²) in [5, 5.41) is 0. The van der Waals surface area contributed by atoms with Crippen LogP contribution in [0, 0.1) is 6.92 Å². The predicted molar refractivity (Wildman–Crippen MR) is 60.7 cm³/mol. The van der Waals surface area contributed by atoms with Crippen molar-refractivity contribution in [1.29, 1.82) is 0 Å². The van der Waals surface area contributed by atoms with Gasteiger partial charge in [-0.05, 0) is 43.9 Å². The molecule has 3 heteroatoms. The largest absolute Gasteiger partial charge is 0.383 e. The average Bonchev–Trinajstić information content (AvgIpc) is 2.58. The molecule has 0 aromatic carbocycles. The normalized spacial score (nSPS) is 25.7. The summed E-state index contributed by atoms with van der Waals surface area (Å²) in [6.45, 7) is 4.20. The molecular formula is C12H18N2O. The van der Waals surface area contributed by atoms with Gasteiger partial charge >= 0.3 is 0 Å². The Morgan fingerprint density at radius 2 is 2.33 bits per heavy atom. The minimum Gasteiger partial charge on any atom is -0.383 e. The van der Waals surface area contributed by atoms with Crippen LogP contribution >= 0.6 is 0 Å². The first-order valence-electron chi connectivity index (χ1n) is 5.52. The second-order valence-corrected chi connectivity index (χ2v) is 4.34. The third kappa shape index (κ3) is 2.29. The number of anilines is 1. The van der Waals surface area contributed by atoms with Crippen molar-refractivity contribution in [2.75, 3.05) is 5.73 Å². The predicted octanol–water partition coefficient (Wildman–Crippen LogP) is 2.08. The Bertz CT molecular complexity index is 331. The zero-order chi connectivity index (χ0) is 10.8. The van der Waals surface area contributed by atoms with Crippen molar-refractivity contribution in [3.63, 3.8) is 0 Å². The van der Waals surface area contributed by atoms with Gasteiger partial charge in [0.2, 0.25) is 0 Å². The number of ether oxygens (including phenoxy) is 1. The smallest absolute Gasteiger partial charge is 0.126 e. The molecule has 1 aromatic rings. The topological polar surface area (TPSA) is 48.1 Å². The second-order valence-electron chi connectivity index (χ2n) is 4.34. The zero-order valence-electron chi connectivity index (χ0n) is 9.36. The number of aromatic nitrogens is 1. The Labute approximate surface area is 90.7 Å².